The molecule has 0 saturated heterocycles. The largest absolute Gasteiger partial charge is 0.433 e. The van der Waals surface area contributed by atoms with E-state index in [1.165, 1.54) is 6.07 Å². The zero-order chi connectivity index (χ0) is 24.1. The first-order valence-electron chi connectivity index (χ1n) is 10.5. The SMILES string of the molecule is CN(C)c1nc2nn([C@H]3C[C@H](C(C)(C)O)C3)cc2cc1NC(=O)c1cccc(C(F)(F)F)n1. The first-order valence-corrected chi connectivity index (χ1v) is 10.5. The van der Waals surface area contributed by atoms with Crippen LogP contribution in [0.2, 0.25) is 0 Å². The summed E-state index contributed by atoms with van der Waals surface area (Å²) in [5.74, 6) is -0.171. The van der Waals surface area contributed by atoms with Crippen molar-refractivity contribution >= 4 is 28.4 Å². The van der Waals surface area contributed by atoms with Crippen LogP contribution >= 0.6 is 0 Å². The van der Waals surface area contributed by atoms with E-state index in [-0.39, 0.29) is 17.7 Å². The quantitative estimate of drug-likeness (QED) is 0.597. The maximum Gasteiger partial charge on any atom is 0.433 e. The number of fused-ring (bicyclic) bond motifs is 1. The highest BCUT2D eigenvalue weighted by Gasteiger charge is 2.40. The van der Waals surface area contributed by atoms with E-state index in [1.807, 2.05) is 10.9 Å². The van der Waals surface area contributed by atoms with Gasteiger partial charge in [-0.25, -0.2) is 9.97 Å². The second kappa shape index (κ2) is 7.98. The molecule has 1 fully saturated rings. The van der Waals surface area contributed by atoms with Gasteiger partial charge in [0.25, 0.3) is 5.91 Å². The zero-order valence-corrected chi connectivity index (χ0v) is 18.7. The molecule has 0 bridgehead atoms. The molecular weight excluding hydrogens is 437 g/mol. The maximum atomic E-state index is 13.0. The molecule has 4 rings (SSSR count). The lowest BCUT2D eigenvalue weighted by Gasteiger charge is -2.42. The minimum absolute atomic E-state index is 0.144. The molecule has 0 unspecified atom stereocenters. The number of hydrogen-bond donors (Lipinski definition) is 2. The summed E-state index contributed by atoms with van der Waals surface area (Å²) in [7, 11) is 3.48. The summed E-state index contributed by atoms with van der Waals surface area (Å²) in [6.45, 7) is 3.60. The normalized spacial score (nSPS) is 18.8. The summed E-state index contributed by atoms with van der Waals surface area (Å²) in [6.07, 6.45) is -1.23. The number of carbonyl (C=O) groups is 1. The molecule has 0 aromatic carbocycles. The van der Waals surface area contributed by atoms with Gasteiger partial charge >= 0.3 is 6.18 Å². The van der Waals surface area contributed by atoms with E-state index < -0.39 is 23.4 Å². The van der Waals surface area contributed by atoms with Gasteiger partial charge in [-0.2, -0.15) is 18.3 Å². The minimum Gasteiger partial charge on any atom is -0.390 e. The van der Waals surface area contributed by atoms with Crippen LogP contribution < -0.4 is 10.2 Å². The van der Waals surface area contributed by atoms with E-state index in [0.717, 1.165) is 25.0 Å². The second-order valence-corrected chi connectivity index (χ2v) is 9.11. The van der Waals surface area contributed by atoms with Gasteiger partial charge in [-0.05, 0) is 50.8 Å². The smallest absolute Gasteiger partial charge is 0.390 e. The fourth-order valence-corrected chi connectivity index (χ4v) is 3.87. The van der Waals surface area contributed by atoms with Gasteiger partial charge in [-0.1, -0.05) is 6.07 Å². The summed E-state index contributed by atoms with van der Waals surface area (Å²) >= 11 is 0. The number of anilines is 2. The fraction of sp³-hybridized carbons (Fsp3) is 0.455. The zero-order valence-electron chi connectivity index (χ0n) is 18.7. The molecule has 3 heterocycles. The molecule has 33 heavy (non-hydrogen) atoms. The first-order chi connectivity index (χ1) is 15.3. The van der Waals surface area contributed by atoms with E-state index in [2.05, 4.69) is 20.4 Å². The van der Waals surface area contributed by atoms with E-state index in [0.29, 0.717) is 22.5 Å². The van der Waals surface area contributed by atoms with Crippen LogP contribution in [0.5, 0.6) is 0 Å². The highest BCUT2D eigenvalue weighted by atomic mass is 19.4. The Hall–Kier alpha value is -3.21. The number of alkyl halides is 3. The molecule has 1 amide bonds. The molecule has 2 N–H and O–H groups in total. The van der Waals surface area contributed by atoms with Gasteiger partial charge in [0.2, 0.25) is 0 Å². The monoisotopic (exact) mass is 462 g/mol. The number of amides is 1. The number of aliphatic hydroxyl groups is 1. The predicted octanol–water partition coefficient (Wildman–Crippen LogP) is 3.89. The highest BCUT2D eigenvalue weighted by molar-refractivity contribution is 6.05. The first kappa shape index (κ1) is 23.0. The van der Waals surface area contributed by atoms with Crippen molar-refractivity contribution in [2.75, 3.05) is 24.3 Å². The van der Waals surface area contributed by atoms with E-state index in [4.69, 9.17) is 0 Å². The summed E-state index contributed by atoms with van der Waals surface area (Å²) in [5, 5.41) is 18.0. The Morgan fingerprint density at radius 2 is 1.91 bits per heavy atom. The van der Waals surface area contributed by atoms with Crippen LogP contribution in [-0.2, 0) is 6.18 Å². The Bertz CT molecular complexity index is 1190. The molecule has 0 spiro atoms. The van der Waals surface area contributed by atoms with Crippen molar-refractivity contribution < 1.29 is 23.1 Å². The van der Waals surface area contributed by atoms with Crippen molar-refractivity contribution in [3.8, 4) is 0 Å². The average Bonchev–Trinajstić information content (AvgIpc) is 3.06. The summed E-state index contributed by atoms with van der Waals surface area (Å²) in [6, 6.07) is 5.01. The van der Waals surface area contributed by atoms with Crippen LogP contribution in [-0.4, -0.2) is 50.5 Å². The molecule has 1 aliphatic rings. The Morgan fingerprint density at radius 3 is 2.52 bits per heavy atom. The van der Waals surface area contributed by atoms with Crippen LogP contribution in [0.3, 0.4) is 0 Å². The molecule has 3 aromatic rings. The van der Waals surface area contributed by atoms with Crippen molar-refractivity contribution in [1.29, 1.82) is 0 Å². The van der Waals surface area contributed by atoms with Gasteiger partial charge in [0.1, 0.15) is 11.4 Å². The van der Waals surface area contributed by atoms with Crippen molar-refractivity contribution in [3.05, 3.63) is 41.9 Å². The molecule has 176 valence electrons. The number of nitrogens with zero attached hydrogens (tertiary/aromatic N) is 5. The van der Waals surface area contributed by atoms with Gasteiger partial charge in [0, 0.05) is 25.7 Å². The summed E-state index contributed by atoms with van der Waals surface area (Å²) < 4.78 is 40.7. The molecule has 8 nitrogen and oxygen atoms in total. The third-order valence-electron chi connectivity index (χ3n) is 5.92. The number of aromatic nitrogens is 4. The molecule has 0 radical (unpaired) electrons. The molecule has 0 aliphatic heterocycles. The lowest BCUT2D eigenvalue weighted by atomic mass is 9.71. The van der Waals surface area contributed by atoms with Crippen LogP contribution in [0, 0.1) is 5.92 Å². The predicted molar refractivity (Wildman–Crippen MR) is 117 cm³/mol. The third-order valence-corrected chi connectivity index (χ3v) is 5.92. The van der Waals surface area contributed by atoms with E-state index >= 15 is 0 Å². The van der Waals surface area contributed by atoms with Crippen molar-refractivity contribution in [1.82, 2.24) is 19.7 Å². The standard InChI is InChI=1S/C22H25F3N6O2/c1-21(2,33)13-9-14(10-13)31-11-12-8-16(19(30(3)4)28-18(12)29-31)27-20(32)15-6-5-7-17(26-15)22(23,24)25/h5-8,11,13-14,33H,9-10H2,1-4H3,(H,27,32)/t13-,14-. The second-order valence-electron chi connectivity index (χ2n) is 9.11. The highest BCUT2D eigenvalue weighted by Crippen LogP contribution is 2.44. The van der Waals surface area contributed by atoms with Crippen LogP contribution in [0.25, 0.3) is 11.0 Å². The topological polar surface area (TPSA) is 96.2 Å². The van der Waals surface area contributed by atoms with E-state index in [1.54, 1.807) is 38.9 Å². The number of carbonyl (C=O) groups excluding carboxylic acids is 1. The van der Waals surface area contributed by atoms with Crippen molar-refractivity contribution in [2.24, 2.45) is 5.92 Å². The van der Waals surface area contributed by atoms with Gasteiger partial charge in [-0.3, -0.25) is 9.48 Å². The van der Waals surface area contributed by atoms with Crippen LogP contribution in [0.4, 0.5) is 24.7 Å². The lowest BCUT2D eigenvalue weighted by Crippen LogP contribution is -2.41. The average molecular weight is 462 g/mol. The molecule has 0 atom stereocenters. The molecular formula is C22H25F3N6O2. The Balaban J connectivity index is 1.61. The van der Waals surface area contributed by atoms with Gasteiger partial charge in [-0.15, -0.1) is 0 Å². The molecule has 3 aromatic heterocycles. The van der Waals surface area contributed by atoms with Crippen LogP contribution in [0.1, 0.15) is 48.9 Å². The van der Waals surface area contributed by atoms with Gasteiger partial charge in [0.15, 0.2) is 11.5 Å². The molecule has 1 saturated carbocycles. The lowest BCUT2D eigenvalue weighted by molar-refractivity contribution is -0.141. The van der Waals surface area contributed by atoms with Crippen LogP contribution in [0.15, 0.2) is 30.5 Å². The molecule has 11 heteroatoms. The number of halogens is 3. The third kappa shape index (κ3) is 4.63. The number of hydrogen-bond acceptors (Lipinski definition) is 6. The summed E-state index contributed by atoms with van der Waals surface area (Å²) in [5.41, 5.74) is -1.41. The van der Waals surface area contributed by atoms with Crippen molar-refractivity contribution in [2.45, 2.75) is 44.5 Å². The summed E-state index contributed by atoms with van der Waals surface area (Å²) in [4.78, 5) is 22.3. The van der Waals surface area contributed by atoms with Crippen molar-refractivity contribution in [3.63, 3.8) is 0 Å². The number of nitrogens with one attached hydrogen (secondary N) is 1. The number of rotatable bonds is 5. The Kier molecular flexibility index (Phi) is 5.55. The van der Waals surface area contributed by atoms with E-state index in [9.17, 15) is 23.1 Å². The molecule has 1 aliphatic carbocycles. The number of pyridine rings is 2. The maximum absolute atomic E-state index is 13.0. The fourth-order valence-electron chi connectivity index (χ4n) is 3.87. The van der Waals surface area contributed by atoms with Gasteiger partial charge < -0.3 is 15.3 Å². The van der Waals surface area contributed by atoms with Gasteiger partial charge in [0.05, 0.1) is 17.3 Å². The minimum atomic E-state index is -4.65. The Morgan fingerprint density at radius 1 is 1.21 bits per heavy atom. The Labute approximate surface area is 188 Å².